The first-order chi connectivity index (χ1) is 10.2. The van der Waals surface area contributed by atoms with Gasteiger partial charge < -0.3 is 10.5 Å². The number of thiophene rings is 1. The first kappa shape index (κ1) is 13.6. The molecular formula is C17H15NO2S. The van der Waals surface area contributed by atoms with Gasteiger partial charge in [0.2, 0.25) is 0 Å². The van der Waals surface area contributed by atoms with Crippen LogP contribution < -0.4 is 5.73 Å². The van der Waals surface area contributed by atoms with Crippen LogP contribution in [0.4, 0.5) is 5.69 Å². The van der Waals surface area contributed by atoms with E-state index in [4.69, 9.17) is 10.5 Å². The Morgan fingerprint density at radius 3 is 2.86 bits per heavy atom. The van der Waals surface area contributed by atoms with Crippen molar-refractivity contribution >= 4 is 33.1 Å². The molecule has 0 atom stereocenters. The molecule has 0 saturated carbocycles. The highest BCUT2D eigenvalue weighted by atomic mass is 32.1. The molecule has 3 aromatic rings. The third kappa shape index (κ3) is 2.62. The molecular weight excluding hydrogens is 282 g/mol. The Morgan fingerprint density at radius 2 is 2.00 bits per heavy atom. The van der Waals surface area contributed by atoms with Gasteiger partial charge in [-0.25, -0.2) is 4.79 Å². The van der Waals surface area contributed by atoms with E-state index in [0.29, 0.717) is 11.3 Å². The number of fused-ring (bicyclic) bond motifs is 1. The first-order valence-corrected chi connectivity index (χ1v) is 7.52. The van der Waals surface area contributed by atoms with Gasteiger partial charge in [-0.2, -0.15) is 0 Å². The molecule has 0 saturated heterocycles. The Hall–Kier alpha value is -2.33. The summed E-state index contributed by atoms with van der Waals surface area (Å²) in [6.07, 6.45) is 0. The van der Waals surface area contributed by atoms with Gasteiger partial charge in [0.1, 0.15) is 6.61 Å². The number of hydrogen-bond donors (Lipinski definition) is 1. The van der Waals surface area contributed by atoms with Gasteiger partial charge in [0, 0.05) is 16.0 Å². The summed E-state index contributed by atoms with van der Waals surface area (Å²) in [5.41, 5.74) is 8.74. The van der Waals surface area contributed by atoms with Crippen LogP contribution >= 0.6 is 11.3 Å². The maximum Gasteiger partial charge on any atom is 0.340 e. The number of carbonyl (C=O) groups excluding carboxylic acids is 1. The zero-order chi connectivity index (χ0) is 14.8. The molecule has 0 unspecified atom stereocenters. The fourth-order valence-electron chi connectivity index (χ4n) is 2.22. The number of hydrogen-bond acceptors (Lipinski definition) is 4. The van der Waals surface area contributed by atoms with Crippen LogP contribution in [-0.2, 0) is 11.3 Å². The monoisotopic (exact) mass is 297 g/mol. The summed E-state index contributed by atoms with van der Waals surface area (Å²) in [6, 6.07) is 13.5. The lowest BCUT2D eigenvalue weighted by atomic mass is 10.1. The number of nitrogens with two attached hydrogens (primary N) is 1. The molecule has 0 aliphatic heterocycles. The lowest BCUT2D eigenvalue weighted by Gasteiger charge is -2.08. The number of esters is 1. The minimum absolute atomic E-state index is 0.260. The number of anilines is 1. The van der Waals surface area contributed by atoms with Gasteiger partial charge in [0.15, 0.2) is 0 Å². The minimum Gasteiger partial charge on any atom is -0.457 e. The Bertz CT molecular complexity index is 807. The lowest BCUT2D eigenvalue weighted by molar-refractivity contribution is 0.0476. The topological polar surface area (TPSA) is 52.3 Å². The highest BCUT2D eigenvalue weighted by Gasteiger charge is 2.13. The predicted octanol–water partition coefficient (Wildman–Crippen LogP) is 4.15. The lowest BCUT2D eigenvalue weighted by Crippen LogP contribution is -2.09. The average Bonchev–Trinajstić information content (AvgIpc) is 2.91. The fourth-order valence-corrected chi connectivity index (χ4v) is 3.17. The van der Waals surface area contributed by atoms with Crippen molar-refractivity contribution in [1.29, 1.82) is 0 Å². The smallest absolute Gasteiger partial charge is 0.340 e. The molecule has 106 valence electrons. The summed E-state index contributed by atoms with van der Waals surface area (Å²) in [5, 5.41) is 3.16. The summed E-state index contributed by atoms with van der Waals surface area (Å²) in [6.45, 7) is 2.13. The predicted molar refractivity (Wildman–Crippen MR) is 86.5 cm³/mol. The van der Waals surface area contributed by atoms with Crippen molar-refractivity contribution in [2.24, 2.45) is 0 Å². The van der Waals surface area contributed by atoms with Crippen LogP contribution in [0, 0.1) is 6.92 Å². The molecule has 0 bridgehead atoms. The summed E-state index contributed by atoms with van der Waals surface area (Å²) < 4.78 is 6.60. The number of carbonyl (C=O) groups is 1. The van der Waals surface area contributed by atoms with Gasteiger partial charge >= 0.3 is 5.97 Å². The Balaban J connectivity index is 1.78. The van der Waals surface area contributed by atoms with E-state index in [9.17, 15) is 4.79 Å². The van der Waals surface area contributed by atoms with Crippen LogP contribution in [0.25, 0.3) is 10.1 Å². The zero-order valence-corrected chi connectivity index (χ0v) is 12.4. The molecule has 21 heavy (non-hydrogen) atoms. The van der Waals surface area contributed by atoms with E-state index < -0.39 is 0 Å². The summed E-state index contributed by atoms with van der Waals surface area (Å²) in [4.78, 5) is 12.2. The third-order valence-corrected chi connectivity index (χ3v) is 4.48. The number of aryl methyl sites for hydroxylation is 1. The molecule has 0 radical (unpaired) electrons. The molecule has 3 rings (SSSR count). The largest absolute Gasteiger partial charge is 0.457 e. The first-order valence-electron chi connectivity index (χ1n) is 6.64. The Morgan fingerprint density at radius 1 is 1.19 bits per heavy atom. The summed E-state index contributed by atoms with van der Waals surface area (Å²) in [5.74, 6) is -0.383. The fraction of sp³-hybridized carbons (Fsp3) is 0.118. The molecule has 0 amide bonds. The van der Waals surface area contributed by atoms with Crippen molar-refractivity contribution in [1.82, 2.24) is 0 Å². The third-order valence-electron chi connectivity index (χ3n) is 3.46. The van der Waals surface area contributed by atoms with Crippen molar-refractivity contribution in [3.8, 4) is 0 Å². The van der Waals surface area contributed by atoms with Crippen LogP contribution in [0.5, 0.6) is 0 Å². The second-order valence-electron chi connectivity index (χ2n) is 4.87. The highest BCUT2D eigenvalue weighted by Crippen LogP contribution is 2.26. The second kappa shape index (κ2) is 5.58. The van der Waals surface area contributed by atoms with Crippen molar-refractivity contribution in [2.75, 3.05) is 5.73 Å². The van der Waals surface area contributed by atoms with Crippen molar-refractivity contribution < 1.29 is 9.53 Å². The van der Waals surface area contributed by atoms with E-state index in [1.165, 1.54) is 4.70 Å². The SMILES string of the molecule is Cc1cccc(C(=O)OCc2csc3ccccc23)c1N. The van der Waals surface area contributed by atoms with Crippen LogP contribution in [0.1, 0.15) is 21.5 Å². The average molecular weight is 297 g/mol. The molecule has 3 nitrogen and oxygen atoms in total. The summed E-state index contributed by atoms with van der Waals surface area (Å²) >= 11 is 1.65. The standard InChI is InChI=1S/C17H15NO2S/c1-11-5-4-7-14(16(11)18)17(19)20-9-12-10-21-15-8-3-2-6-13(12)15/h2-8,10H,9,18H2,1H3. The van der Waals surface area contributed by atoms with E-state index in [2.05, 4.69) is 6.07 Å². The Labute approximate surface area is 127 Å². The second-order valence-corrected chi connectivity index (χ2v) is 5.78. The minimum atomic E-state index is -0.383. The summed E-state index contributed by atoms with van der Waals surface area (Å²) in [7, 11) is 0. The van der Waals surface area contributed by atoms with Gasteiger partial charge in [-0.15, -0.1) is 11.3 Å². The van der Waals surface area contributed by atoms with Gasteiger partial charge in [0.05, 0.1) is 5.56 Å². The zero-order valence-electron chi connectivity index (χ0n) is 11.6. The highest BCUT2D eigenvalue weighted by molar-refractivity contribution is 7.17. The van der Waals surface area contributed by atoms with E-state index in [1.54, 1.807) is 17.4 Å². The van der Waals surface area contributed by atoms with E-state index >= 15 is 0 Å². The van der Waals surface area contributed by atoms with Gasteiger partial charge in [-0.3, -0.25) is 0 Å². The molecule has 0 fully saturated rings. The van der Waals surface area contributed by atoms with E-state index in [1.807, 2.05) is 42.6 Å². The number of benzene rings is 2. The molecule has 1 heterocycles. The van der Waals surface area contributed by atoms with Crippen LogP contribution in [0.15, 0.2) is 47.8 Å². The molecule has 0 aliphatic rings. The van der Waals surface area contributed by atoms with Crippen LogP contribution in [0.3, 0.4) is 0 Å². The van der Waals surface area contributed by atoms with Crippen LogP contribution in [-0.4, -0.2) is 5.97 Å². The number of ether oxygens (including phenoxy) is 1. The van der Waals surface area contributed by atoms with Crippen LogP contribution in [0.2, 0.25) is 0 Å². The maximum absolute atomic E-state index is 12.2. The van der Waals surface area contributed by atoms with E-state index in [-0.39, 0.29) is 12.6 Å². The molecule has 0 spiro atoms. The quantitative estimate of drug-likeness (QED) is 0.583. The van der Waals surface area contributed by atoms with Crippen molar-refractivity contribution in [3.05, 3.63) is 64.5 Å². The Kier molecular flexibility index (Phi) is 3.62. The molecule has 2 N–H and O–H groups in total. The van der Waals surface area contributed by atoms with Gasteiger partial charge in [-0.05, 0) is 35.4 Å². The van der Waals surface area contributed by atoms with Crippen molar-refractivity contribution in [2.45, 2.75) is 13.5 Å². The van der Waals surface area contributed by atoms with Gasteiger partial charge in [-0.1, -0.05) is 30.3 Å². The number of rotatable bonds is 3. The normalized spacial score (nSPS) is 10.7. The molecule has 4 heteroatoms. The number of nitrogen functional groups attached to an aromatic ring is 1. The molecule has 0 aliphatic carbocycles. The van der Waals surface area contributed by atoms with Gasteiger partial charge in [0.25, 0.3) is 0 Å². The number of para-hydroxylation sites is 1. The van der Waals surface area contributed by atoms with E-state index in [0.717, 1.165) is 16.5 Å². The molecule has 2 aromatic carbocycles. The van der Waals surface area contributed by atoms with Crippen molar-refractivity contribution in [3.63, 3.8) is 0 Å². The maximum atomic E-state index is 12.2. The molecule has 1 aromatic heterocycles.